The number of amides is 2. The summed E-state index contributed by atoms with van der Waals surface area (Å²) in [6.45, 7) is 0.747. The topological polar surface area (TPSA) is 96.9 Å². The zero-order valence-corrected chi connectivity index (χ0v) is 19.3. The first-order valence-electron chi connectivity index (χ1n) is 10.7. The van der Waals surface area contributed by atoms with Crippen LogP contribution < -0.4 is 10.6 Å². The number of hydrogen-bond acceptors (Lipinski definition) is 7. The third-order valence-electron chi connectivity index (χ3n) is 5.33. The standard InChI is InChI=1S/C23H25N5O2S2/c29-20(25-14-16-8-2-1-3-9-16)15-31-19-12-5-4-10-17(19)21(30)26-23-28-27-22(32-23)18-11-6-7-13-24-18/h4-7,10-13,16H,1-3,8-9,14-15H2,(H,25,29)(H,26,28,30). The number of nitrogens with one attached hydrogen (secondary N) is 2. The van der Waals surface area contributed by atoms with Crippen molar-refractivity contribution in [2.24, 2.45) is 5.92 Å². The molecule has 2 heterocycles. The lowest BCUT2D eigenvalue weighted by Gasteiger charge is -2.21. The Hall–Kier alpha value is -2.78. The molecule has 0 aliphatic heterocycles. The zero-order valence-electron chi connectivity index (χ0n) is 17.6. The normalized spacial score (nSPS) is 14.1. The molecule has 2 aromatic heterocycles. The van der Waals surface area contributed by atoms with Crippen LogP contribution in [0.1, 0.15) is 42.5 Å². The van der Waals surface area contributed by atoms with Crippen molar-refractivity contribution in [3.8, 4) is 10.7 Å². The van der Waals surface area contributed by atoms with Gasteiger partial charge in [0.2, 0.25) is 11.0 Å². The van der Waals surface area contributed by atoms with E-state index >= 15 is 0 Å². The molecule has 1 aliphatic rings. The first-order chi connectivity index (χ1) is 15.7. The van der Waals surface area contributed by atoms with Gasteiger partial charge in [0.1, 0.15) is 5.69 Å². The number of carbonyl (C=O) groups excluding carboxylic acids is 2. The Morgan fingerprint density at radius 2 is 1.84 bits per heavy atom. The second kappa shape index (κ2) is 11.2. The lowest BCUT2D eigenvalue weighted by Crippen LogP contribution is -2.31. The molecule has 32 heavy (non-hydrogen) atoms. The molecule has 0 spiro atoms. The van der Waals surface area contributed by atoms with Crippen molar-refractivity contribution in [2.45, 2.75) is 37.0 Å². The minimum absolute atomic E-state index is 0.0000823. The van der Waals surface area contributed by atoms with Gasteiger partial charge in [0.15, 0.2) is 5.01 Å². The molecule has 2 N–H and O–H groups in total. The van der Waals surface area contributed by atoms with Gasteiger partial charge in [-0.15, -0.1) is 22.0 Å². The molecule has 0 bridgehead atoms. The van der Waals surface area contributed by atoms with E-state index < -0.39 is 0 Å². The second-order valence-electron chi connectivity index (χ2n) is 7.67. The highest BCUT2D eigenvalue weighted by Gasteiger charge is 2.17. The molecule has 0 unspecified atom stereocenters. The van der Waals surface area contributed by atoms with Gasteiger partial charge in [-0.05, 0) is 43.0 Å². The number of hydrogen-bond donors (Lipinski definition) is 2. The summed E-state index contributed by atoms with van der Waals surface area (Å²) in [4.78, 5) is 30.2. The molecule has 1 aliphatic carbocycles. The summed E-state index contributed by atoms with van der Waals surface area (Å²) in [5, 5.41) is 15.1. The first-order valence-corrected chi connectivity index (χ1v) is 12.5. The van der Waals surface area contributed by atoms with Gasteiger partial charge in [-0.3, -0.25) is 19.9 Å². The van der Waals surface area contributed by atoms with Crippen molar-refractivity contribution >= 4 is 40.0 Å². The Bertz CT molecular complexity index is 1050. The predicted octanol–water partition coefficient (Wildman–Crippen LogP) is 4.64. The third-order valence-corrected chi connectivity index (χ3v) is 7.27. The maximum atomic E-state index is 12.9. The number of thioether (sulfide) groups is 1. The van der Waals surface area contributed by atoms with Crippen molar-refractivity contribution in [1.82, 2.24) is 20.5 Å². The van der Waals surface area contributed by atoms with E-state index in [4.69, 9.17) is 0 Å². The Balaban J connectivity index is 1.33. The number of rotatable bonds is 8. The van der Waals surface area contributed by atoms with Crippen molar-refractivity contribution in [3.63, 3.8) is 0 Å². The van der Waals surface area contributed by atoms with Crippen LogP contribution in [0.2, 0.25) is 0 Å². The van der Waals surface area contributed by atoms with Gasteiger partial charge in [0, 0.05) is 17.6 Å². The lowest BCUT2D eigenvalue weighted by atomic mass is 9.89. The van der Waals surface area contributed by atoms with Gasteiger partial charge in [-0.2, -0.15) is 0 Å². The minimum atomic E-state index is -0.278. The summed E-state index contributed by atoms with van der Waals surface area (Å²) in [5.74, 6) is 0.595. The number of aromatic nitrogens is 3. The highest BCUT2D eigenvalue weighted by atomic mass is 32.2. The van der Waals surface area contributed by atoms with Crippen molar-refractivity contribution in [2.75, 3.05) is 17.6 Å². The molecule has 4 rings (SSSR count). The minimum Gasteiger partial charge on any atom is -0.355 e. The van der Waals surface area contributed by atoms with Gasteiger partial charge >= 0.3 is 0 Å². The summed E-state index contributed by atoms with van der Waals surface area (Å²) in [6.07, 6.45) is 7.91. The summed E-state index contributed by atoms with van der Waals surface area (Å²) >= 11 is 2.63. The quantitative estimate of drug-likeness (QED) is 0.469. The summed E-state index contributed by atoms with van der Waals surface area (Å²) < 4.78 is 0. The maximum Gasteiger partial charge on any atom is 0.258 e. The number of benzene rings is 1. The number of nitrogens with zero attached hydrogens (tertiary/aromatic N) is 3. The van der Waals surface area contributed by atoms with E-state index in [1.165, 1.54) is 55.2 Å². The van der Waals surface area contributed by atoms with E-state index in [1.807, 2.05) is 36.4 Å². The number of carbonyl (C=O) groups is 2. The molecule has 1 saturated carbocycles. The van der Waals surface area contributed by atoms with Crippen LogP contribution in [0.4, 0.5) is 5.13 Å². The Morgan fingerprint density at radius 1 is 1.03 bits per heavy atom. The fourth-order valence-corrected chi connectivity index (χ4v) is 5.25. The van der Waals surface area contributed by atoms with Crippen LogP contribution in [0, 0.1) is 5.92 Å². The van der Waals surface area contributed by atoms with Crippen LogP contribution in [0.3, 0.4) is 0 Å². The molecule has 0 atom stereocenters. The molecular formula is C23H25N5O2S2. The molecule has 1 fully saturated rings. The van der Waals surface area contributed by atoms with Gasteiger partial charge in [0.05, 0.1) is 11.3 Å². The van der Waals surface area contributed by atoms with Crippen LogP contribution in [0.25, 0.3) is 10.7 Å². The number of pyridine rings is 1. The highest BCUT2D eigenvalue weighted by Crippen LogP contribution is 2.27. The first kappa shape index (κ1) is 22.4. The monoisotopic (exact) mass is 467 g/mol. The van der Waals surface area contributed by atoms with E-state index in [0.29, 0.717) is 27.3 Å². The van der Waals surface area contributed by atoms with E-state index in [0.717, 1.165) is 11.4 Å². The van der Waals surface area contributed by atoms with Crippen LogP contribution in [0.15, 0.2) is 53.6 Å². The lowest BCUT2D eigenvalue weighted by molar-refractivity contribution is -0.118. The summed E-state index contributed by atoms with van der Waals surface area (Å²) in [6, 6.07) is 12.8. The third kappa shape index (κ3) is 6.14. The van der Waals surface area contributed by atoms with Crippen LogP contribution >= 0.6 is 23.1 Å². The number of anilines is 1. The summed E-state index contributed by atoms with van der Waals surface area (Å²) in [7, 11) is 0. The van der Waals surface area contributed by atoms with Crippen LogP contribution in [-0.2, 0) is 4.79 Å². The fraction of sp³-hybridized carbons (Fsp3) is 0.348. The van der Waals surface area contributed by atoms with E-state index in [9.17, 15) is 9.59 Å². The van der Waals surface area contributed by atoms with E-state index in [-0.39, 0.29) is 17.6 Å². The Morgan fingerprint density at radius 3 is 2.66 bits per heavy atom. The Kier molecular flexibility index (Phi) is 7.84. The SMILES string of the molecule is O=C(CSc1ccccc1C(=O)Nc1nnc(-c2ccccn2)s1)NCC1CCCCC1. The predicted molar refractivity (Wildman–Crippen MR) is 128 cm³/mol. The largest absolute Gasteiger partial charge is 0.355 e. The molecule has 166 valence electrons. The highest BCUT2D eigenvalue weighted by molar-refractivity contribution is 8.00. The molecule has 0 saturated heterocycles. The second-order valence-corrected chi connectivity index (χ2v) is 9.67. The zero-order chi connectivity index (χ0) is 22.2. The smallest absolute Gasteiger partial charge is 0.258 e. The van der Waals surface area contributed by atoms with Crippen molar-refractivity contribution < 1.29 is 9.59 Å². The van der Waals surface area contributed by atoms with Crippen molar-refractivity contribution in [3.05, 3.63) is 54.2 Å². The molecule has 9 heteroatoms. The maximum absolute atomic E-state index is 12.9. The van der Waals surface area contributed by atoms with E-state index in [2.05, 4.69) is 25.8 Å². The average Bonchev–Trinajstić information content (AvgIpc) is 3.31. The fourth-order valence-electron chi connectivity index (χ4n) is 3.65. The van der Waals surface area contributed by atoms with Crippen LogP contribution in [-0.4, -0.2) is 39.3 Å². The van der Waals surface area contributed by atoms with Gasteiger partial charge < -0.3 is 5.32 Å². The Labute approximate surface area is 195 Å². The van der Waals surface area contributed by atoms with Gasteiger partial charge in [-0.1, -0.05) is 48.8 Å². The van der Waals surface area contributed by atoms with Gasteiger partial charge in [-0.25, -0.2) is 0 Å². The average molecular weight is 468 g/mol. The van der Waals surface area contributed by atoms with Gasteiger partial charge in [0.25, 0.3) is 5.91 Å². The summed E-state index contributed by atoms with van der Waals surface area (Å²) in [5.41, 5.74) is 1.22. The van der Waals surface area contributed by atoms with Crippen molar-refractivity contribution in [1.29, 1.82) is 0 Å². The molecule has 1 aromatic carbocycles. The molecule has 3 aromatic rings. The molecule has 7 nitrogen and oxygen atoms in total. The molecule has 2 amide bonds. The molecular weight excluding hydrogens is 442 g/mol. The van der Waals surface area contributed by atoms with E-state index in [1.54, 1.807) is 12.3 Å². The molecule has 0 radical (unpaired) electrons. The van der Waals surface area contributed by atoms with Crippen LogP contribution in [0.5, 0.6) is 0 Å².